The number of nitrogens with one attached hydrogen (secondary N) is 1. The molecule has 7 nitrogen and oxygen atoms in total. The van der Waals surface area contributed by atoms with Crippen molar-refractivity contribution in [2.75, 3.05) is 6.61 Å². The van der Waals surface area contributed by atoms with E-state index in [9.17, 15) is 14.9 Å². The maximum absolute atomic E-state index is 12.2. The monoisotopic (exact) mass is 299 g/mol. The van der Waals surface area contributed by atoms with Crippen LogP contribution in [0.2, 0.25) is 5.15 Å². The van der Waals surface area contributed by atoms with E-state index in [1.54, 1.807) is 0 Å². The summed E-state index contributed by atoms with van der Waals surface area (Å²) < 4.78 is 5.39. The zero-order valence-electron chi connectivity index (χ0n) is 10.8. The van der Waals surface area contributed by atoms with Gasteiger partial charge in [0.2, 0.25) is 5.15 Å². The standard InChI is InChI=1S/C12H14ClN3O4/c1-7-6-8(3-5-20-7)15-12(17)9-2-4-14-11(13)10(9)16(18)19/h2,4,7-8H,3,5-6H2,1H3,(H,15,17). The fourth-order valence-electron chi connectivity index (χ4n) is 2.18. The van der Waals surface area contributed by atoms with Gasteiger partial charge in [0.15, 0.2) is 0 Å². The van der Waals surface area contributed by atoms with Gasteiger partial charge in [-0.2, -0.15) is 0 Å². The summed E-state index contributed by atoms with van der Waals surface area (Å²) >= 11 is 5.68. The number of nitrogens with zero attached hydrogens (tertiary/aromatic N) is 2. The van der Waals surface area contributed by atoms with Crippen LogP contribution in [-0.4, -0.2) is 34.6 Å². The molecule has 0 saturated carbocycles. The van der Waals surface area contributed by atoms with E-state index in [0.29, 0.717) is 19.4 Å². The molecule has 1 aromatic heterocycles. The van der Waals surface area contributed by atoms with E-state index in [1.165, 1.54) is 12.3 Å². The van der Waals surface area contributed by atoms with Crippen molar-refractivity contribution in [2.24, 2.45) is 0 Å². The van der Waals surface area contributed by atoms with Crippen molar-refractivity contribution in [1.29, 1.82) is 0 Å². The van der Waals surface area contributed by atoms with Gasteiger partial charge in [-0.25, -0.2) is 4.98 Å². The Morgan fingerprint density at radius 3 is 3.05 bits per heavy atom. The van der Waals surface area contributed by atoms with E-state index in [4.69, 9.17) is 16.3 Å². The smallest absolute Gasteiger partial charge is 0.319 e. The number of halogens is 1. The number of nitro groups is 1. The second-order valence-electron chi connectivity index (χ2n) is 4.63. The van der Waals surface area contributed by atoms with Crippen LogP contribution in [0.4, 0.5) is 5.69 Å². The maximum atomic E-state index is 12.2. The summed E-state index contributed by atoms with van der Waals surface area (Å²) in [7, 11) is 0. The lowest BCUT2D eigenvalue weighted by Crippen LogP contribution is -2.41. The average Bonchev–Trinajstić information content (AvgIpc) is 2.37. The third-order valence-electron chi connectivity index (χ3n) is 3.13. The Bertz CT molecular complexity index is 537. The van der Waals surface area contributed by atoms with Crippen LogP contribution < -0.4 is 5.32 Å². The highest BCUT2D eigenvalue weighted by Crippen LogP contribution is 2.26. The summed E-state index contributed by atoms with van der Waals surface area (Å²) in [4.78, 5) is 26.1. The van der Waals surface area contributed by atoms with E-state index in [-0.39, 0.29) is 22.9 Å². The van der Waals surface area contributed by atoms with Crippen molar-refractivity contribution in [3.05, 3.63) is 33.1 Å². The molecular formula is C12H14ClN3O4. The van der Waals surface area contributed by atoms with Crippen molar-refractivity contribution >= 4 is 23.2 Å². The average molecular weight is 300 g/mol. The number of ether oxygens (including phenoxy) is 1. The Morgan fingerprint density at radius 2 is 2.40 bits per heavy atom. The molecule has 8 heteroatoms. The normalized spacial score (nSPS) is 22.3. The first-order valence-electron chi connectivity index (χ1n) is 6.20. The number of pyridine rings is 1. The molecule has 1 saturated heterocycles. The van der Waals surface area contributed by atoms with Crippen molar-refractivity contribution in [1.82, 2.24) is 10.3 Å². The van der Waals surface area contributed by atoms with Crippen LogP contribution in [0, 0.1) is 10.1 Å². The number of carbonyl (C=O) groups excluding carboxylic acids is 1. The predicted molar refractivity (Wildman–Crippen MR) is 71.8 cm³/mol. The Kier molecular flexibility index (Phi) is 4.51. The highest BCUT2D eigenvalue weighted by molar-refractivity contribution is 6.32. The minimum atomic E-state index is -0.698. The van der Waals surface area contributed by atoms with Crippen LogP contribution in [0.15, 0.2) is 12.3 Å². The van der Waals surface area contributed by atoms with Crippen LogP contribution >= 0.6 is 11.6 Å². The minimum Gasteiger partial charge on any atom is -0.378 e. The first-order valence-corrected chi connectivity index (χ1v) is 6.58. The van der Waals surface area contributed by atoms with Gasteiger partial charge in [-0.1, -0.05) is 11.6 Å². The Labute approximate surface area is 120 Å². The van der Waals surface area contributed by atoms with Gasteiger partial charge in [0.05, 0.1) is 11.0 Å². The molecule has 0 radical (unpaired) electrons. The molecule has 1 aromatic rings. The molecule has 1 fully saturated rings. The molecule has 1 amide bonds. The van der Waals surface area contributed by atoms with E-state index < -0.39 is 16.5 Å². The van der Waals surface area contributed by atoms with Crippen molar-refractivity contribution in [3.8, 4) is 0 Å². The number of aromatic nitrogens is 1. The number of carbonyl (C=O) groups is 1. The van der Waals surface area contributed by atoms with Crippen LogP contribution in [0.25, 0.3) is 0 Å². The number of hydrogen-bond donors (Lipinski definition) is 1. The third-order valence-corrected chi connectivity index (χ3v) is 3.40. The van der Waals surface area contributed by atoms with Gasteiger partial charge in [0, 0.05) is 18.8 Å². The summed E-state index contributed by atoms with van der Waals surface area (Å²) in [6.07, 6.45) is 2.70. The quantitative estimate of drug-likeness (QED) is 0.523. The third kappa shape index (κ3) is 3.23. The summed E-state index contributed by atoms with van der Waals surface area (Å²) in [5.41, 5.74) is -0.541. The maximum Gasteiger partial charge on any atom is 0.319 e. The first-order chi connectivity index (χ1) is 9.49. The Balaban J connectivity index is 2.17. The molecule has 2 heterocycles. The molecule has 0 aliphatic carbocycles. The molecule has 1 N–H and O–H groups in total. The summed E-state index contributed by atoms with van der Waals surface area (Å²) in [6, 6.07) is 1.24. The molecule has 2 unspecified atom stereocenters. The minimum absolute atomic E-state index is 0.0576. The Hall–Kier alpha value is -1.73. The fourth-order valence-corrected chi connectivity index (χ4v) is 2.40. The van der Waals surface area contributed by atoms with Gasteiger partial charge in [-0.3, -0.25) is 14.9 Å². The summed E-state index contributed by atoms with van der Waals surface area (Å²) in [5, 5.41) is 13.5. The first kappa shape index (κ1) is 14.7. The van der Waals surface area contributed by atoms with Crippen molar-refractivity contribution in [3.63, 3.8) is 0 Å². The molecule has 2 rings (SSSR count). The lowest BCUT2D eigenvalue weighted by atomic mass is 10.0. The van der Waals surface area contributed by atoms with Crippen LogP contribution in [0.3, 0.4) is 0 Å². The van der Waals surface area contributed by atoms with Gasteiger partial charge in [-0.05, 0) is 25.8 Å². The molecule has 1 aliphatic rings. The second-order valence-corrected chi connectivity index (χ2v) is 4.99. The number of rotatable bonds is 3. The zero-order valence-corrected chi connectivity index (χ0v) is 11.6. The predicted octanol–water partition coefficient (Wildman–Crippen LogP) is 1.94. The summed E-state index contributed by atoms with van der Waals surface area (Å²) in [5.74, 6) is -0.514. The molecule has 1 aliphatic heterocycles. The summed E-state index contributed by atoms with van der Waals surface area (Å²) in [6.45, 7) is 2.48. The molecule has 2 atom stereocenters. The lowest BCUT2D eigenvalue weighted by Gasteiger charge is -2.27. The SMILES string of the molecule is CC1CC(NC(=O)c2ccnc(Cl)c2[N+](=O)[O-])CCO1. The van der Waals surface area contributed by atoms with E-state index in [0.717, 1.165) is 0 Å². The second kappa shape index (κ2) is 6.15. The number of hydrogen-bond acceptors (Lipinski definition) is 5. The highest BCUT2D eigenvalue weighted by Gasteiger charge is 2.27. The molecule has 0 spiro atoms. The van der Waals surface area contributed by atoms with Gasteiger partial charge in [0.25, 0.3) is 5.91 Å². The van der Waals surface area contributed by atoms with Crippen LogP contribution in [0.1, 0.15) is 30.1 Å². The molecular weight excluding hydrogens is 286 g/mol. The molecule has 20 heavy (non-hydrogen) atoms. The highest BCUT2D eigenvalue weighted by atomic mass is 35.5. The van der Waals surface area contributed by atoms with E-state index in [2.05, 4.69) is 10.3 Å². The molecule has 0 aromatic carbocycles. The topological polar surface area (TPSA) is 94.4 Å². The van der Waals surface area contributed by atoms with Gasteiger partial charge < -0.3 is 10.1 Å². The van der Waals surface area contributed by atoms with Crippen LogP contribution in [0.5, 0.6) is 0 Å². The van der Waals surface area contributed by atoms with Gasteiger partial charge >= 0.3 is 5.69 Å². The zero-order chi connectivity index (χ0) is 14.7. The lowest BCUT2D eigenvalue weighted by molar-refractivity contribution is -0.385. The van der Waals surface area contributed by atoms with Crippen molar-refractivity contribution in [2.45, 2.75) is 31.9 Å². The fraction of sp³-hybridized carbons (Fsp3) is 0.500. The van der Waals surface area contributed by atoms with E-state index in [1.807, 2.05) is 6.92 Å². The Morgan fingerprint density at radius 1 is 1.65 bits per heavy atom. The van der Waals surface area contributed by atoms with Crippen LogP contribution in [-0.2, 0) is 4.74 Å². The van der Waals surface area contributed by atoms with Crippen molar-refractivity contribution < 1.29 is 14.5 Å². The molecule has 108 valence electrons. The molecule has 0 bridgehead atoms. The van der Waals surface area contributed by atoms with E-state index >= 15 is 0 Å². The number of amides is 1. The van der Waals surface area contributed by atoms with Gasteiger partial charge in [0.1, 0.15) is 5.56 Å². The van der Waals surface area contributed by atoms with Gasteiger partial charge in [-0.15, -0.1) is 0 Å². The largest absolute Gasteiger partial charge is 0.378 e.